The highest BCUT2D eigenvalue weighted by Crippen LogP contribution is 2.43. The summed E-state index contributed by atoms with van der Waals surface area (Å²) in [6, 6.07) is 10.3. The molecule has 2 unspecified atom stereocenters. The van der Waals surface area contributed by atoms with E-state index < -0.39 is 61.1 Å². The van der Waals surface area contributed by atoms with E-state index in [0.29, 0.717) is 28.7 Å². The SMILES string of the molecule is Cc1c(C)c(S(=O)(=O)NC(=N)NCCCC(NS(=O)(=O)c2ccc3ccccc3c2)C(=O)N2CCN(C(=O)O)CC2C(C)(C)C)c(C)c2c1OC(C)(C)C2. The van der Waals surface area contributed by atoms with Crippen LogP contribution in [0.5, 0.6) is 5.75 Å². The van der Waals surface area contributed by atoms with Crippen molar-refractivity contribution in [2.24, 2.45) is 5.41 Å². The van der Waals surface area contributed by atoms with Crippen molar-refractivity contribution >= 4 is 48.8 Å². The number of nitrogens with one attached hydrogen (secondary N) is 4. The van der Waals surface area contributed by atoms with E-state index in [1.807, 2.05) is 53.7 Å². The largest absolute Gasteiger partial charge is 0.487 e. The minimum Gasteiger partial charge on any atom is -0.487 e. The number of nitrogens with zero attached hydrogens (tertiary/aromatic N) is 2. The van der Waals surface area contributed by atoms with Gasteiger partial charge in [0.05, 0.1) is 15.8 Å². The number of carbonyl (C=O) groups excluding carboxylic acids is 1. The Balaban J connectivity index is 1.33. The van der Waals surface area contributed by atoms with Crippen molar-refractivity contribution in [3.8, 4) is 5.75 Å². The highest BCUT2D eigenvalue weighted by Gasteiger charge is 2.42. The molecule has 5 N–H and O–H groups in total. The molecule has 54 heavy (non-hydrogen) atoms. The quantitative estimate of drug-likeness (QED) is 0.110. The number of amides is 2. The number of hydrogen-bond acceptors (Lipinski definition) is 8. The lowest BCUT2D eigenvalue weighted by Gasteiger charge is -2.47. The molecule has 0 radical (unpaired) electrons. The number of benzene rings is 3. The topological polar surface area (TPSA) is 198 Å². The van der Waals surface area contributed by atoms with Gasteiger partial charge in [-0.1, -0.05) is 51.1 Å². The first kappa shape index (κ1) is 40.8. The van der Waals surface area contributed by atoms with Gasteiger partial charge in [-0.25, -0.2) is 26.4 Å². The number of guanidine groups is 1. The zero-order chi connectivity index (χ0) is 40.0. The number of ether oxygens (including phenoxy) is 1. The van der Waals surface area contributed by atoms with Crippen LogP contribution in [-0.4, -0.2) is 93.6 Å². The van der Waals surface area contributed by atoms with E-state index in [0.717, 1.165) is 16.5 Å². The van der Waals surface area contributed by atoms with Gasteiger partial charge in [-0.15, -0.1) is 0 Å². The van der Waals surface area contributed by atoms with Crippen molar-refractivity contribution in [3.63, 3.8) is 0 Å². The molecule has 0 aromatic heterocycles. The molecule has 3 aromatic carbocycles. The summed E-state index contributed by atoms with van der Waals surface area (Å²) in [5.41, 5.74) is 1.64. The summed E-state index contributed by atoms with van der Waals surface area (Å²) < 4.78 is 66.0. The van der Waals surface area contributed by atoms with E-state index >= 15 is 0 Å². The number of carboxylic acid groups (broad SMARTS) is 1. The van der Waals surface area contributed by atoms with Crippen molar-refractivity contribution in [2.75, 3.05) is 26.2 Å². The third kappa shape index (κ3) is 8.60. The molecule has 2 aliphatic heterocycles. The van der Waals surface area contributed by atoms with E-state index in [1.165, 1.54) is 17.0 Å². The van der Waals surface area contributed by atoms with Crippen LogP contribution >= 0.6 is 0 Å². The monoisotopic (exact) mass is 784 g/mol. The zero-order valence-corrected chi connectivity index (χ0v) is 33.8. The number of rotatable bonds is 10. The first-order valence-electron chi connectivity index (χ1n) is 18.0. The molecule has 3 aromatic rings. The van der Waals surface area contributed by atoms with Crippen LogP contribution in [0.3, 0.4) is 0 Å². The number of hydrogen-bond donors (Lipinski definition) is 5. The fourth-order valence-electron chi connectivity index (χ4n) is 7.37. The van der Waals surface area contributed by atoms with Crippen LogP contribution < -0.4 is 19.5 Å². The number of sulfonamides is 2. The molecular formula is C38H52N6O8S2. The van der Waals surface area contributed by atoms with Crippen LogP contribution in [0, 0.1) is 31.6 Å². The van der Waals surface area contributed by atoms with E-state index in [2.05, 4.69) is 14.8 Å². The van der Waals surface area contributed by atoms with Crippen molar-refractivity contribution in [1.29, 1.82) is 5.41 Å². The Kier molecular flexibility index (Phi) is 11.3. The van der Waals surface area contributed by atoms with Gasteiger partial charge in [0, 0.05) is 38.2 Å². The molecule has 2 aliphatic rings. The Labute approximate surface area is 318 Å². The average Bonchev–Trinajstić information content (AvgIpc) is 3.42. The molecule has 2 atom stereocenters. The molecular weight excluding hydrogens is 733 g/mol. The van der Waals surface area contributed by atoms with Crippen molar-refractivity contribution in [3.05, 3.63) is 64.7 Å². The van der Waals surface area contributed by atoms with Crippen LogP contribution in [0.25, 0.3) is 10.8 Å². The van der Waals surface area contributed by atoms with E-state index in [1.54, 1.807) is 36.9 Å². The van der Waals surface area contributed by atoms with E-state index in [4.69, 9.17) is 10.1 Å². The second-order valence-corrected chi connectivity index (χ2v) is 19.3. The highest BCUT2D eigenvalue weighted by molar-refractivity contribution is 7.90. The minimum absolute atomic E-state index is 0.00665. The normalized spacial score (nSPS) is 17.8. The Morgan fingerprint density at radius 2 is 1.65 bits per heavy atom. The summed E-state index contributed by atoms with van der Waals surface area (Å²) >= 11 is 0. The second-order valence-electron chi connectivity index (χ2n) is 15.9. The van der Waals surface area contributed by atoms with E-state index in [9.17, 15) is 31.5 Å². The molecule has 2 amide bonds. The summed E-state index contributed by atoms with van der Waals surface area (Å²) in [5.74, 6) is -0.272. The Morgan fingerprint density at radius 1 is 0.981 bits per heavy atom. The molecule has 16 heteroatoms. The maximum absolute atomic E-state index is 14.3. The Hall–Kier alpha value is -4.41. The second kappa shape index (κ2) is 15.0. The highest BCUT2D eigenvalue weighted by atomic mass is 32.2. The molecule has 0 aliphatic carbocycles. The molecule has 2 heterocycles. The third-order valence-electron chi connectivity index (χ3n) is 10.3. The van der Waals surface area contributed by atoms with Gasteiger partial charge in [0.1, 0.15) is 17.4 Å². The third-order valence-corrected chi connectivity index (χ3v) is 13.4. The number of carbonyl (C=O) groups is 2. The summed E-state index contributed by atoms with van der Waals surface area (Å²) in [4.78, 5) is 29.1. The van der Waals surface area contributed by atoms with Gasteiger partial charge >= 0.3 is 6.09 Å². The summed E-state index contributed by atoms with van der Waals surface area (Å²) in [6.45, 7) is 15.1. The maximum Gasteiger partial charge on any atom is 0.407 e. The van der Waals surface area contributed by atoms with Gasteiger partial charge < -0.3 is 25.0 Å². The van der Waals surface area contributed by atoms with Gasteiger partial charge in [0.2, 0.25) is 21.9 Å². The Bertz CT molecular complexity index is 2200. The summed E-state index contributed by atoms with van der Waals surface area (Å²) in [7, 11) is -8.38. The molecule has 0 bridgehead atoms. The van der Waals surface area contributed by atoms with Gasteiger partial charge in [0.25, 0.3) is 10.0 Å². The van der Waals surface area contributed by atoms with Crippen LogP contribution in [0.2, 0.25) is 0 Å². The van der Waals surface area contributed by atoms with Crippen molar-refractivity contribution in [1.82, 2.24) is 24.6 Å². The van der Waals surface area contributed by atoms with Gasteiger partial charge in [-0.3, -0.25) is 10.2 Å². The van der Waals surface area contributed by atoms with Crippen LogP contribution in [0.15, 0.2) is 52.3 Å². The molecule has 1 fully saturated rings. The van der Waals surface area contributed by atoms with Crippen LogP contribution in [-0.2, 0) is 31.3 Å². The Morgan fingerprint density at radius 3 is 2.30 bits per heavy atom. The van der Waals surface area contributed by atoms with Crippen LogP contribution in [0.4, 0.5) is 4.79 Å². The predicted octanol–water partition coefficient (Wildman–Crippen LogP) is 4.65. The van der Waals surface area contributed by atoms with E-state index in [-0.39, 0.29) is 48.8 Å². The number of piperazine rings is 1. The standard InChI is InChI=1S/C38H52N6O8S2/c1-23-24(2)33(25(3)29-21-38(7,8)52-32(23)29)54(50,51)42-35(39)40-17-11-14-30(34(45)44-19-18-43(36(46)47)22-31(44)37(4,5)6)41-53(48,49)28-16-15-26-12-9-10-13-27(26)20-28/h9-10,12-13,15-16,20,30-31,41H,11,14,17-19,21-22H2,1-8H3,(H,46,47)(H3,39,40,42). The van der Waals surface area contributed by atoms with Gasteiger partial charge in [0.15, 0.2) is 0 Å². The summed E-state index contributed by atoms with van der Waals surface area (Å²) in [6.07, 6.45) is -0.363. The molecule has 14 nitrogen and oxygen atoms in total. The van der Waals surface area contributed by atoms with Gasteiger partial charge in [-0.05, 0) is 92.5 Å². The van der Waals surface area contributed by atoms with Crippen molar-refractivity contribution < 1.29 is 36.3 Å². The van der Waals surface area contributed by atoms with Crippen molar-refractivity contribution in [2.45, 2.75) is 102 Å². The smallest absolute Gasteiger partial charge is 0.407 e. The first-order chi connectivity index (χ1) is 25.0. The lowest BCUT2D eigenvalue weighted by Crippen LogP contribution is -2.63. The molecule has 5 rings (SSSR count). The minimum atomic E-state index is -4.21. The lowest BCUT2D eigenvalue weighted by atomic mass is 9.83. The molecule has 1 saturated heterocycles. The fourth-order valence-corrected chi connectivity index (χ4v) is 10.2. The molecule has 294 valence electrons. The zero-order valence-electron chi connectivity index (χ0n) is 32.2. The van der Waals surface area contributed by atoms with Gasteiger partial charge in [-0.2, -0.15) is 4.72 Å². The van der Waals surface area contributed by atoms with Crippen LogP contribution in [0.1, 0.15) is 69.7 Å². The lowest BCUT2D eigenvalue weighted by molar-refractivity contribution is -0.141. The molecule has 0 saturated carbocycles. The number of fused-ring (bicyclic) bond motifs is 2. The predicted molar refractivity (Wildman–Crippen MR) is 207 cm³/mol. The average molecular weight is 785 g/mol. The molecule has 0 spiro atoms. The summed E-state index contributed by atoms with van der Waals surface area (Å²) in [5, 5.41) is 22.5. The first-order valence-corrected chi connectivity index (χ1v) is 21.0. The maximum atomic E-state index is 14.3. The fraction of sp³-hybridized carbons (Fsp3) is 0.500.